The van der Waals surface area contributed by atoms with Crippen molar-refractivity contribution in [3.63, 3.8) is 0 Å². The van der Waals surface area contributed by atoms with E-state index in [1.165, 1.54) is 31.0 Å². The van der Waals surface area contributed by atoms with Crippen molar-refractivity contribution in [2.24, 2.45) is 5.92 Å². The molecule has 148 valence electrons. The number of carboxylic acids is 1. The van der Waals surface area contributed by atoms with Crippen LogP contribution >= 0.6 is 0 Å². The molecule has 0 atom stereocenters. The molecule has 2 aliphatic carbocycles. The van der Waals surface area contributed by atoms with Crippen LogP contribution in [0.3, 0.4) is 0 Å². The zero-order valence-corrected chi connectivity index (χ0v) is 15.4. The van der Waals surface area contributed by atoms with Crippen molar-refractivity contribution in [3.05, 3.63) is 24.0 Å². The van der Waals surface area contributed by atoms with E-state index in [4.69, 9.17) is 9.84 Å². The third kappa shape index (κ3) is 5.56. The standard InChI is InChI=1S/C19H26FN3O4/c1-2-27-17-7-13(20)5-6-16(17)22-19(26)21-14-8-15(9-14)23(11-18(24)25)10-12-3-4-12/h5-7,12,14-15H,2-4,8-11H2,1H3,(H,24,25)(H2,21,22,26). The highest BCUT2D eigenvalue weighted by molar-refractivity contribution is 5.91. The van der Waals surface area contributed by atoms with E-state index in [-0.39, 0.29) is 30.4 Å². The molecule has 2 aliphatic rings. The van der Waals surface area contributed by atoms with Crippen molar-refractivity contribution in [3.8, 4) is 5.75 Å². The topological polar surface area (TPSA) is 90.9 Å². The average Bonchev–Trinajstić information content (AvgIpc) is 3.36. The van der Waals surface area contributed by atoms with Crippen LogP contribution in [-0.2, 0) is 4.79 Å². The number of nitrogens with one attached hydrogen (secondary N) is 2. The van der Waals surface area contributed by atoms with Gasteiger partial charge in [-0.15, -0.1) is 0 Å². The van der Waals surface area contributed by atoms with Crippen molar-refractivity contribution in [2.75, 3.05) is 25.0 Å². The molecule has 0 unspecified atom stereocenters. The Labute approximate surface area is 157 Å². The number of carbonyl (C=O) groups is 2. The molecule has 0 radical (unpaired) electrons. The Morgan fingerprint density at radius 2 is 2.07 bits per heavy atom. The fourth-order valence-corrected chi connectivity index (χ4v) is 3.37. The van der Waals surface area contributed by atoms with E-state index in [1.807, 2.05) is 4.90 Å². The van der Waals surface area contributed by atoms with Gasteiger partial charge in [0.05, 0.1) is 18.8 Å². The number of carbonyl (C=O) groups excluding carboxylic acids is 1. The molecule has 0 saturated heterocycles. The van der Waals surface area contributed by atoms with Gasteiger partial charge >= 0.3 is 12.0 Å². The van der Waals surface area contributed by atoms with Crippen LogP contribution < -0.4 is 15.4 Å². The molecule has 2 saturated carbocycles. The zero-order chi connectivity index (χ0) is 19.4. The molecule has 0 aromatic heterocycles. The summed E-state index contributed by atoms with van der Waals surface area (Å²) in [5, 5.41) is 14.7. The quantitative estimate of drug-likeness (QED) is 0.614. The van der Waals surface area contributed by atoms with E-state index in [1.54, 1.807) is 6.92 Å². The van der Waals surface area contributed by atoms with Crippen LogP contribution in [0, 0.1) is 11.7 Å². The van der Waals surface area contributed by atoms with Gasteiger partial charge in [0.2, 0.25) is 0 Å². The maximum Gasteiger partial charge on any atom is 0.319 e. The molecule has 0 bridgehead atoms. The zero-order valence-electron chi connectivity index (χ0n) is 15.4. The highest BCUT2D eigenvalue weighted by Crippen LogP contribution is 2.34. The number of ether oxygens (including phenoxy) is 1. The summed E-state index contributed by atoms with van der Waals surface area (Å²) in [6, 6.07) is 3.78. The number of anilines is 1. The fraction of sp³-hybridized carbons (Fsp3) is 0.579. The van der Waals surface area contributed by atoms with Gasteiger partial charge in [-0.1, -0.05) is 0 Å². The number of amides is 2. The lowest BCUT2D eigenvalue weighted by atomic mass is 9.85. The van der Waals surface area contributed by atoms with E-state index in [0.717, 1.165) is 19.4 Å². The SMILES string of the molecule is CCOc1cc(F)ccc1NC(=O)NC1CC(N(CC(=O)O)CC2CC2)C1. The summed E-state index contributed by atoms with van der Waals surface area (Å²) < 4.78 is 18.7. The van der Waals surface area contributed by atoms with Crippen LogP contribution in [0.4, 0.5) is 14.9 Å². The average molecular weight is 379 g/mol. The molecule has 0 heterocycles. The van der Waals surface area contributed by atoms with Crippen LogP contribution in [0.5, 0.6) is 5.75 Å². The molecule has 2 fully saturated rings. The van der Waals surface area contributed by atoms with Gasteiger partial charge in [-0.05, 0) is 50.7 Å². The maximum absolute atomic E-state index is 13.3. The van der Waals surface area contributed by atoms with Gasteiger partial charge in [0.25, 0.3) is 0 Å². The van der Waals surface area contributed by atoms with Crippen molar-refractivity contribution >= 4 is 17.7 Å². The van der Waals surface area contributed by atoms with Crippen LogP contribution in [0.1, 0.15) is 32.6 Å². The number of hydrogen-bond donors (Lipinski definition) is 3. The highest BCUT2D eigenvalue weighted by Gasteiger charge is 2.37. The molecule has 1 aromatic rings. The predicted octanol–water partition coefficient (Wildman–Crippen LogP) is 2.67. The summed E-state index contributed by atoms with van der Waals surface area (Å²) >= 11 is 0. The van der Waals surface area contributed by atoms with Gasteiger partial charge < -0.3 is 20.5 Å². The van der Waals surface area contributed by atoms with E-state index in [2.05, 4.69) is 10.6 Å². The van der Waals surface area contributed by atoms with Crippen molar-refractivity contribution in [2.45, 2.75) is 44.7 Å². The molecule has 2 amide bonds. The van der Waals surface area contributed by atoms with E-state index >= 15 is 0 Å². The smallest absolute Gasteiger partial charge is 0.319 e. The molecular weight excluding hydrogens is 353 g/mol. The lowest BCUT2D eigenvalue weighted by Crippen LogP contribution is -2.55. The van der Waals surface area contributed by atoms with Gasteiger partial charge in [-0.25, -0.2) is 9.18 Å². The number of carboxylic acid groups (broad SMARTS) is 1. The summed E-state index contributed by atoms with van der Waals surface area (Å²) in [6.07, 6.45) is 3.81. The Kier molecular flexibility index (Phi) is 6.15. The molecular formula is C19H26FN3O4. The van der Waals surface area contributed by atoms with E-state index in [9.17, 15) is 14.0 Å². The van der Waals surface area contributed by atoms with Crippen LogP contribution in [0.15, 0.2) is 18.2 Å². The first kappa shape index (κ1) is 19.4. The van der Waals surface area contributed by atoms with Crippen molar-refractivity contribution < 1.29 is 23.8 Å². The molecule has 3 rings (SSSR count). The van der Waals surface area contributed by atoms with E-state index in [0.29, 0.717) is 18.2 Å². The largest absolute Gasteiger partial charge is 0.492 e. The molecule has 1 aromatic carbocycles. The number of rotatable bonds is 9. The first-order valence-electron chi connectivity index (χ1n) is 9.40. The minimum absolute atomic E-state index is 0.00138. The Morgan fingerprint density at radius 3 is 2.70 bits per heavy atom. The van der Waals surface area contributed by atoms with Gasteiger partial charge in [0.15, 0.2) is 0 Å². The summed E-state index contributed by atoms with van der Waals surface area (Å²) in [4.78, 5) is 25.3. The number of urea groups is 1. The monoisotopic (exact) mass is 379 g/mol. The first-order chi connectivity index (χ1) is 12.9. The van der Waals surface area contributed by atoms with Crippen LogP contribution in [0.2, 0.25) is 0 Å². The normalized spacial score (nSPS) is 21.4. The second-order valence-electron chi connectivity index (χ2n) is 7.26. The number of benzene rings is 1. The summed E-state index contributed by atoms with van der Waals surface area (Å²) in [7, 11) is 0. The summed E-state index contributed by atoms with van der Waals surface area (Å²) in [6.45, 7) is 3.02. The number of aliphatic carboxylic acids is 1. The maximum atomic E-state index is 13.3. The minimum Gasteiger partial charge on any atom is -0.492 e. The number of halogens is 1. The molecule has 7 nitrogen and oxygen atoms in total. The van der Waals surface area contributed by atoms with Crippen LogP contribution in [0.25, 0.3) is 0 Å². The Hall–Kier alpha value is -2.35. The van der Waals surface area contributed by atoms with Crippen LogP contribution in [-0.4, -0.2) is 53.8 Å². The molecule has 3 N–H and O–H groups in total. The molecule has 0 spiro atoms. The van der Waals surface area contributed by atoms with Crippen molar-refractivity contribution in [1.29, 1.82) is 0 Å². The van der Waals surface area contributed by atoms with Gasteiger partial charge in [0, 0.05) is 24.7 Å². The first-order valence-corrected chi connectivity index (χ1v) is 9.40. The lowest BCUT2D eigenvalue weighted by Gasteiger charge is -2.42. The Bertz CT molecular complexity index is 690. The Balaban J connectivity index is 1.48. The van der Waals surface area contributed by atoms with Gasteiger partial charge in [-0.3, -0.25) is 9.69 Å². The second-order valence-corrected chi connectivity index (χ2v) is 7.26. The third-order valence-electron chi connectivity index (χ3n) is 4.98. The number of hydrogen-bond acceptors (Lipinski definition) is 4. The lowest BCUT2D eigenvalue weighted by molar-refractivity contribution is -0.139. The molecule has 8 heteroatoms. The summed E-state index contributed by atoms with van der Waals surface area (Å²) in [5.74, 6) is -0.337. The third-order valence-corrected chi connectivity index (χ3v) is 4.98. The number of nitrogens with zero attached hydrogens (tertiary/aromatic N) is 1. The van der Waals surface area contributed by atoms with Gasteiger partial charge in [-0.2, -0.15) is 0 Å². The Morgan fingerprint density at radius 1 is 1.33 bits per heavy atom. The van der Waals surface area contributed by atoms with E-state index < -0.39 is 11.8 Å². The highest BCUT2D eigenvalue weighted by atomic mass is 19.1. The second kappa shape index (κ2) is 8.56. The summed E-state index contributed by atoms with van der Waals surface area (Å²) in [5.41, 5.74) is 0.410. The molecule has 0 aliphatic heterocycles. The van der Waals surface area contributed by atoms with Crippen molar-refractivity contribution in [1.82, 2.24) is 10.2 Å². The fourth-order valence-electron chi connectivity index (χ4n) is 3.37. The predicted molar refractivity (Wildman–Crippen MR) is 98.5 cm³/mol. The van der Waals surface area contributed by atoms with Gasteiger partial charge in [0.1, 0.15) is 11.6 Å². The minimum atomic E-state index is -0.815. The molecule has 27 heavy (non-hydrogen) atoms.